The molecule has 19 heavy (non-hydrogen) atoms. The molecule has 5 heteroatoms. The van der Waals surface area contributed by atoms with Crippen molar-refractivity contribution in [3.05, 3.63) is 29.8 Å². The van der Waals surface area contributed by atoms with Crippen molar-refractivity contribution in [2.45, 2.75) is 19.3 Å². The average molecular weight is 286 g/mol. The van der Waals surface area contributed by atoms with Gasteiger partial charge in [-0.25, -0.2) is 4.79 Å². The lowest BCUT2D eigenvalue weighted by atomic mass is 9.97. The number of rotatable bonds is 6. The highest BCUT2D eigenvalue weighted by atomic mass is 35.5. The first kappa shape index (κ1) is 15.8. The van der Waals surface area contributed by atoms with Crippen molar-refractivity contribution in [2.24, 2.45) is 0 Å². The highest BCUT2D eigenvalue weighted by molar-refractivity contribution is 6.17. The van der Waals surface area contributed by atoms with E-state index in [1.807, 2.05) is 18.2 Å². The van der Waals surface area contributed by atoms with Crippen LogP contribution in [0.2, 0.25) is 0 Å². The molecule has 0 saturated carbocycles. The minimum atomic E-state index is -0.784. The maximum Gasteiger partial charge on any atom is 0.515 e. The standard InChI is InChI=1S/C14H20ClNO3/c1-11(7-8-16(2)3)12-5-4-6-13(9-12)19-14(17)18-10-15/h4-6,9,11H,7-8,10H2,1-3H3. The Bertz CT molecular complexity index is 409. The van der Waals surface area contributed by atoms with Gasteiger partial charge in [0.05, 0.1) is 0 Å². The van der Waals surface area contributed by atoms with Crippen molar-refractivity contribution in [3.8, 4) is 5.75 Å². The fraction of sp³-hybridized carbons (Fsp3) is 0.500. The van der Waals surface area contributed by atoms with Crippen molar-refractivity contribution in [1.29, 1.82) is 0 Å². The van der Waals surface area contributed by atoms with Crippen LogP contribution in [0, 0.1) is 0 Å². The summed E-state index contributed by atoms with van der Waals surface area (Å²) in [6.07, 6.45) is 0.260. The molecule has 0 aliphatic rings. The van der Waals surface area contributed by atoms with E-state index in [-0.39, 0.29) is 6.07 Å². The third kappa shape index (κ3) is 5.94. The van der Waals surface area contributed by atoms with E-state index in [1.54, 1.807) is 6.07 Å². The van der Waals surface area contributed by atoms with Crippen LogP contribution in [0.5, 0.6) is 5.75 Å². The fourth-order valence-electron chi connectivity index (χ4n) is 1.67. The van der Waals surface area contributed by atoms with Gasteiger partial charge in [0.1, 0.15) is 5.75 Å². The normalized spacial score (nSPS) is 12.3. The van der Waals surface area contributed by atoms with Crippen molar-refractivity contribution in [3.63, 3.8) is 0 Å². The van der Waals surface area contributed by atoms with Crippen molar-refractivity contribution < 1.29 is 14.3 Å². The van der Waals surface area contributed by atoms with E-state index in [4.69, 9.17) is 16.3 Å². The molecule has 1 atom stereocenters. The quantitative estimate of drug-likeness (QED) is 0.456. The molecule has 1 rings (SSSR count). The van der Waals surface area contributed by atoms with Crippen LogP contribution < -0.4 is 4.74 Å². The van der Waals surface area contributed by atoms with Crippen LogP contribution >= 0.6 is 11.6 Å². The van der Waals surface area contributed by atoms with Gasteiger partial charge in [0.2, 0.25) is 0 Å². The summed E-state index contributed by atoms with van der Waals surface area (Å²) in [5.74, 6) is 0.874. The smallest absolute Gasteiger partial charge is 0.418 e. The Morgan fingerprint density at radius 1 is 1.42 bits per heavy atom. The summed E-state index contributed by atoms with van der Waals surface area (Å²) >= 11 is 5.29. The molecular weight excluding hydrogens is 266 g/mol. The number of hydrogen-bond donors (Lipinski definition) is 0. The molecule has 0 fully saturated rings. The monoisotopic (exact) mass is 285 g/mol. The first-order chi connectivity index (χ1) is 9.02. The predicted molar refractivity (Wildman–Crippen MR) is 75.9 cm³/mol. The molecule has 0 aromatic heterocycles. The fourth-order valence-corrected chi connectivity index (χ4v) is 1.76. The third-order valence-corrected chi connectivity index (χ3v) is 2.92. The van der Waals surface area contributed by atoms with Gasteiger partial charge in [0.15, 0.2) is 6.07 Å². The molecule has 1 aromatic carbocycles. The Labute approximate surface area is 119 Å². The maximum absolute atomic E-state index is 11.2. The van der Waals surface area contributed by atoms with Crippen LogP contribution in [0.1, 0.15) is 24.8 Å². The summed E-state index contributed by atoms with van der Waals surface area (Å²) in [5.41, 5.74) is 1.14. The summed E-state index contributed by atoms with van der Waals surface area (Å²) < 4.78 is 9.54. The van der Waals surface area contributed by atoms with Gasteiger partial charge < -0.3 is 14.4 Å². The molecule has 4 nitrogen and oxygen atoms in total. The molecule has 1 aromatic rings. The van der Waals surface area contributed by atoms with Crippen molar-refractivity contribution >= 4 is 17.8 Å². The summed E-state index contributed by atoms with van der Waals surface area (Å²) in [5, 5.41) is 0. The zero-order valence-corrected chi connectivity index (χ0v) is 12.3. The van der Waals surface area contributed by atoms with Crippen LogP contribution in [0.15, 0.2) is 24.3 Å². The molecule has 0 heterocycles. The molecule has 0 saturated heterocycles. The Hall–Kier alpha value is -1.26. The highest BCUT2D eigenvalue weighted by Gasteiger charge is 2.09. The lowest BCUT2D eigenvalue weighted by molar-refractivity contribution is 0.115. The summed E-state index contributed by atoms with van der Waals surface area (Å²) in [6.45, 7) is 3.17. The zero-order valence-electron chi connectivity index (χ0n) is 11.6. The number of carbonyl (C=O) groups is 1. The number of halogens is 1. The van der Waals surface area contributed by atoms with Crippen LogP contribution in [-0.2, 0) is 4.74 Å². The van der Waals surface area contributed by atoms with Crippen LogP contribution in [-0.4, -0.2) is 37.8 Å². The van der Waals surface area contributed by atoms with Gasteiger partial charge in [-0.3, -0.25) is 0 Å². The zero-order chi connectivity index (χ0) is 14.3. The molecule has 0 N–H and O–H groups in total. The first-order valence-electron chi connectivity index (χ1n) is 6.18. The lowest BCUT2D eigenvalue weighted by Crippen LogP contribution is -2.15. The molecule has 0 spiro atoms. The van der Waals surface area contributed by atoms with Gasteiger partial charge in [-0.1, -0.05) is 30.7 Å². The second kappa shape index (κ2) is 8.02. The van der Waals surface area contributed by atoms with E-state index in [0.717, 1.165) is 18.5 Å². The maximum atomic E-state index is 11.2. The number of alkyl halides is 1. The van der Waals surface area contributed by atoms with Gasteiger partial charge in [0.25, 0.3) is 0 Å². The average Bonchev–Trinajstić information content (AvgIpc) is 2.36. The minimum Gasteiger partial charge on any atom is -0.418 e. The molecule has 0 radical (unpaired) electrons. The van der Waals surface area contributed by atoms with Gasteiger partial charge in [0, 0.05) is 0 Å². The van der Waals surface area contributed by atoms with Gasteiger partial charge >= 0.3 is 6.16 Å². The van der Waals surface area contributed by atoms with E-state index in [2.05, 4.69) is 30.7 Å². The van der Waals surface area contributed by atoms with E-state index in [9.17, 15) is 4.79 Å². The Balaban J connectivity index is 2.63. The van der Waals surface area contributed by atoms with E-state index >= 15 is 0 Å². The summed E-state index contributed by atoms with van der Waals surface area (Å²) in [6, 6.07) is 7.26. The molecule has 0 aliphatic carbocycles. The molecule has 0 bridgehead atoms. The van der Waals surface area contributed by atoms with E-state index in [1.165, 1.54) is 0 Å². The van der Waals surface area contributed by atoms with E-state index < -0.39 is 6.16 Å². The lowest BCUT2D eigenvalue weighted by Gasteiger charge is -2.16. The minimum absolute atomic E-state index is 0.211. The van der Waals surface area contributed by atoms with Gasteiger partial charge in [-0.2, -0.15) is 0 Å². The van der Waals surface area contributed by atoms with E-state index in [0.29, 0.717) is 11.7 Å². The largest absolute Gasteiger partial charge is 0.515 e. The van der Waals surface area contributed by atoms with Crippen molar-refractivity contribution in [1.82, 2.24) is 4.90 Å². The second-order valence-corrected chi connectivity index (χ2v) is 4.89. The summed E-state index contributed by atoms with van der Waals surface area (Å²) in [7, 11) is 4.10. The second-order valence-electron chi connectivity index (χ2n) is 4.67. The molecular formula is C14H20ClNO3. The Morgan fingerprint density at radius 2 is 2.16 bits per heavy atom. The number of benzene rings is 1. The topological polar surface area (TPSA) is 38.8 Å². The summed E-state index contributed by atoms with van der Waals surface area (Å²) in [4.78, 5) is 13.3. The third-order valence-electron chi connectivity index (χ3n) is 2.81. The molecule has 0 amide bonds. The predicted octanol–water partition coefficient (Wildman–Crippen LogP) is 3.45. The van der Waals surface area contributed by atoms with Crippen LogP contribution in [0.4, 0.5) is 4.79 Å². The Morgan fingerprint density at radius 3 is 2.79 bits per heavy atom. The van der Waals surface area contributed by atoms with Crippen LogP contribution in [0.3, 0.4) is 0 Å². The number of nitrogens with zero attached hydrogens (tertiary/aromatic N) is 1. The molecule has 0 aliphatic heterocycles. The highest BCUT2D eigenvalue weighted by Crippen LogP contribution is 2.23. The first-order valence-corrected chi connectivity index (χ1v) is 6.71. The Kier molecular flexibility index (Phi) is 6.67. The SMILES string of the molecule is CC(CCN(C)C)c1cccc(OC(=O)OCCl)c1. The number of hydrogen-bond acceptors (Lipinski definition) is 4. The van der Waals surface area contributed by atoms with Gasteiger partial charge in [-0.15, -0.1) is 0 Å². The van der Waals surface area contributed by atoms with Gasteiger partial charge in [-0.05, 0) is 50.7 Å². The molecule has 1 unspecified atom stereocenters. The number of carbonyl (C=O) groups excluding carboxylic acids is 1. The van der Waals surface area contributed by atoms with Crippen molar-refractivity contribution in [2.75, 3.05) is 26.7 Å². The number of ether oxygens (including phenoxy) is 2. The molecule has 106 valence electrons. The van der Waals surface area contributed by atoms with Crippen LogP contribution in [0.25, 0.3) is 0 Å².